The van der Waals surface area contributed by atoms with Crippen LogP contribution in [0, 0.1) is 5.41 Å². The third-order valence-electron chi connectivity index (χ3n) is 4.36. The Labute approximate surface area is 198 Å². The minimum Gasteiger partial charge on any atom is -0.487 e. The Bertz CT molecular complexity index is 1350. The SMILES string of the molecule is CS(=O)(=O)C1=NN2C(=N)/C(=C/c3ccc(OCc4ccccc4Cl)c(Cl)c3)C(=O)N=C2S1. The maximum absolute atomic E-state index is 12.4. The standard InChI is InChI=1S/C20H14Cl2N4O4S2/c1-32(28,29)20-25-26-17(23)13(18(27)24-19(26)31-20)8-11-6-7-16(15(22)9-11)30-10-12-4-2-3-5-14(12)21/h2-9,23H,10H2,1H3/b13-8-,23-17?. The van der Waals surface area contributed by atoms with Crippen molar-refractivity contribution in [2.24, 2.45) is 10.1 Å². The number of nitrogens with zero attached hydrogens (tertiary/aromatic N) is 3. The molecule has 0 unspecified atom stereocenters. The summed E-state index contributed by atoms with van der Waals surface area (Å²) in [5.41, 5.74) is 1.29. The number of nitrogens with one attached hydrogen (secondary N) is 1. The van der Waals surface area contributed by atoms with Gasteiger partial charge in [0.25, 0.3) is 5.91 Å². The van der Waals surface area contributed by atoms with Crippen molar-refractivity contribution in [2.75, 3.05) is 6.26 Å². The van der Waals surface area contributed by atoms with Gasteiger partial charge in [0.15, 0.2) is 5.84 Å². The number of ether oxygens (including phenoxy) is 1. The molecule has 0 radical (unpaired) electrons. The van der Waals surface area contributed by atoms with Gasteiger partial charge in [0.05, 0.1) is 10.6 Å². The molecule has 0 aromatic heterocycles. The highest BCUT2D eigenvalue weighted by Gasteiger charge is 2.38. The third-order valence-corrected chi connectivity index (χ3v) is 7.60. The van der Waals surface area contributed by atoms with Crippen LogP contribution in [0.3, 0.4) is 0 Å². The van der Waals surface area contributed by atoms with Gasteiger partial charge in [-0.3, -0.25) is 10.2 Å². The van der Waals surface area contributed by atoms with Crippen LogP contribution in [0.4, 0.5) is 0 Å². The summed E-state index contributed by atoms with van der Waals surface area (Å²) in [5.74, 6) is -0.521. The lowest BCUT2D eigenvalue weighted by molar-refractivity contribution is -0.114. The summed E-state index contributed by atoms with van der Waals surface area (Å²) in [6.07, 6.45) is 2.44. The molecule has 0 spiro atoms. The first-order valence-electron chi connectivity index (χ1n) is 8.99. The zero-order valence-electron chi connectivity index (χ0n) is 16.4. The molecule has 2 aromatic rings. The molecule has 0 saturated heterocycles. The molecule has 1 N–H and O–H groups in total. The predicted molar refractivity (Wildman–Crippen MR) is 127 cm³/mol. The highest BCUT2D eigenvalue weighted by molar-refractivity contribution is 8.42. The molecule has 0 saturated carbocycles. The fourth-order valence-electron chi connectivity index (χ4n) is 2.79. The summed E-state index contributed by atoms with van der Waals surface area (Å²) >= 11 is 13.2. The number of fused-ring (bicyclic) bond motifs is 1. The Kier molecular flexibility index (Phi) is 6.13. The number of amides is 1. The molecule has 12 heteroatoms. The van der Waals surface area contributed by atoms with Gasteiger partial charge in [-0.05, 0) is 41.6 Å². The van der Waals surface area contributed by atoms with Crippen molar-refractivity contribution >= 4 is 72.2 Å². The van der Waals surface area contributed by atoms with Gasteiger partial charge in [-0.15, -0.1) is 5.10 Å². The molecule has 32 heavy (non-hydrogen) atoms. The lowest BCUT2D eigenvalue weighted by atomic mass is 10.1. The van der Waals surface area contributed by atoms with Crippen molar-refractivity contribution in [1.82, 2.24) is 5.01 Å². The molecule has 2 aromatic carbocycles. The molecule has 0 bridgehead atoms. The van der Waals surface area contributed by atoms with Crippen molar-refractivity contribution in [3.05, 3.63) is 69.2 Å². The van der Waals surface area contributed by atoms with Crippen LogP contribution >= 0.6 is 35.0 Å². The van der Waals surface area contributed by atoms with E-state index >= 15 is 0 Å². The van der Waals surface area contributed by atoms with Gasteiger partial charge in [0.1, 0.15) is 12.4 Å². The lowest BCUT2D eigenvalue weighted by Gasteiger charge is -2.20. The third kappa shape index (κ3) is 4.58. The quantitative estimate of drug-likeness (QED) is 0.619. The van der Waals surface area contributed by atoms with Gasteiger partial charge in [0.2, 0.25) is 19.4 Å². The molecule has 8 nitrogen and oxygen atoms in total. The van der Waals surface area contributed by atoms with E-state index in [0.29, 0.717) is 21.4 Å². The minimum atomic E-state index is -3.59. The van der Waals surface area contributed by atoms with Crippen molar-refractivity contribution in [3.63, 3.8) is 0 Å². The smallest absolute Gasteiger partial charge is 0.283 e. The molecule has 2 aliphatic rings. The Morgan fingerprint density at radius 1 is 1.19 bits per heavy atom. The highest BCUT2D eigenvalue weighted by Crippen LogP contribution is 2.32. The molecular formula is C20H14Cl2N4O4S2. The van der Waals surface area contributed by atoms with E-state index in [4.69, 9.17) is 33.3 Å². The topological polar surface area (TPSA) is 112 Å². The number of hydrogen-bond donors (Lipinski definition) is 1. The number of carbonyl (C=O) groups excluding carboxylic acids is 1. The van der Waals surface area contributed by atoms with Gasteiger partial charge >= 0.3 is 0 Å². The first-order valence-corrected chi connectivity index (χ1v) is 12.5. The van der Waals surface area contributed by atoms with Gasteiger partial charge in [-0.25, -0.2) is 8.42 Å². The molecule has 2 aliphatic heterocycles. The number of rotatable bonds is 4. The Hall–Kier alpha value is -2.66. The average molecular weight is 509 g/mol. The van der Waals surface area contributed by atoms with E-state index in [1.807, 2.05) is 18.2 Å². The summed E-state index contributed by atoms with van der Waals surface area (Å²) < 4.78 is 29.0. The zero-order valence-corrected chi connectivity index (χ0v) is 19.5. The Morgan fingerprint density at radius 3 is 2.62 bits per heavy atom. The summed E-state index contributed by atoms with van der Waals surface area (Å²) in [5, 5.41) is 14.1. The van der Waals surface area contributed by atoms with E-state index in [1.54, 1.807) is 24.3 Å². The summed E-state index contributed by atoms with van der Waals surface area (Å²) in [6.45, 7) is 0.230. The highest BCUT2D eigenvalue weighted by atomic mass is 35.5. The van der Waals surface area contributed by atoms with E-state index in [-0.39, 0.29) is 27.6 Å². The van der Waals surface area contributed by atoms with Gasteiger partial charge in [0, 0.05) is 16.8 Å². The summed E-state index contributed by atoms with van der Waals surface area (Å²) in [4.78, 5) is 16.3. The van der Waals surface area contributed by atoms with Crippen LogP contribution in [0.5, 0.6) is 5.75 Å². The second-order valence-electron chi connectivity index (χ2n) is 6.73. The second-order valence-corrected chi connectivity index (χ2v) is 10.7. The van der Waals surface area contributed by atoms with Crippen LogP contribution in [0.1, 0.15) is 11.1 Å². The number of carbonyl (C=O) groups is 1. The van der Waals surface area contributed by atoms with E-state index < -0.39 is 15.7 Å². The van der Waals surface area contributed by atoms with E-state index in [1.165, 1.54) is 6.08 Å². The van der Waals surface area contributed by atoms with Gasteiger partial charge in [-0.2, -0.15) is 10.0 Å². The van der Waals surface area contributed by atoms with Crippen LogP contribution in [0.2, 0.25) is 10.0 Å². The molecule has 164 valence electrons. The van der Waals surface area contributed by atoms with Crippen LogP contribution in [0.15, 0.2) is 58.1 Å². The molecule has 1 amide bonds. The van der Waals surface area contributed by atoms with Crippen LogP contribution in [-0.4, -0.2) is 41.0 Å². The number of benzene rings is 2. The number of aliphatic imine (C=N–C) groups is 1. The predicted octanol–water partition coefficient (Wildman–Crippen LogP) is 4.19. The Balaban J connectivity index is 1.56. The van der Waals surface area contributed by atoms with Crippen molar-refractivity contribution < 1.29 is 17.9 Å². The number of thioether (sulfide) groups is 1. The van der Waals surface area contributed by atoms with Gasteiger partial charge < -0.3 is 4.74 Å². The normalized spacial score (nSPS) is 17.3. The number of hydrazone groups is 1. The fraction of sp³-hybridized carbons (Fsp3) is 0.100. The molecule has 2 heterocycles. The van der Waals surface area contributed by atoms with E-state index in [2.05, 4.69) is 10.1 Å². The molecule has 0 aliphatic carbocycles. The maximum atomic E-state index is 12.4. The first-order chi connectivity index (χ1) is 15.1. The van der Waals surface area contributed by atoms with Gasteiger partial charge in [-0.1, -0.05) is 47.5 Å². The molecule has 0 atom stereocenters. The van der Waals surface area contributed by atoms with Crippen LogP contribution in [0.25, 0.3) is 6.08 Å². The average Bonchev–Trinajstić information content (AvgIpc) is 3.16. The minimum absolute atomic E-state index is 0.0268. The van der Waals surface area contributed by atoms with Crippen molar-refractivity contribution in [3.8, 4) is 5.75 Å². The Morgan fingerprint density at radius 2 is 1.94 bits per heavy atom. The summed E-state index contributed by atoms with van der Waals surface area (Å²) in [6, 6.07) is 12.2. The largest absolute Gasteiger partial charge is 0.487 e. The second kappa shape index (κ2) is 8.70. The van der Waals surface area contributed by atoms with Crippen LogP contribution < -0.4 is 4.74 Å². The number of halogens is 2. The molecule has 4 rings (SSSR count). The van der Waals surface area contributed by atoms with E-state index in [9.17, 15) is 13.2 Å². The maximum Gasteiger partial charge on any atom is 0.283 e. The fourth-order valence-corrected chi connectivity index (χ4v) is 4.90. The van der Waals surface area contributed by atoms with Crippen LogP contribution in [-0.2, 0) is 21.2 Å². The first kappa shape index (κ1) is 22.5. The summed E-state index contributed by atoms with van der Waals surface area (Å²) in [7, 11) is -3.59. The number of sulfone groups is 1. The lowest BCUT2D eigenvalue weighted by Crippen LogP contribution is -2.35. The monoisotopic (exact) mass is 508 g/mol. The van der Waals surface area contributed by atoms with Crippen molar-refractivity contribution in [1.29, 1.82) is 5.41 Å². The zero-order chi connectivity index (χ0) is 23.0. The number of amidine groups is 2. The van der Waals surface area contributed by atoms with Crippen molar-refractivity contribution in [2.45, 2.75) is 6.61 Å². The van der Waals surface area contributed by atoms with E-state index in [0.717, 1.165) is 28.6 Å². The molecule has 0 fully saturated rings. The molecular weight excluding hydrogens is 495 g/mol. The number of hydrogen-bond acceptors (Lipinski definition) is 7.